The molecule has 1 heterocycles. The topological polar surface area (TPSA) is 50.4 Å². The third-order valence-electron chi connectivity index (χ3n) is 3.60. The van der Waals surface area contributed by atoms with Gasteiger partial charge in [-0.15, -0.1) is 0 Å². The highest BCUT2D eigenvalue weighted by Gasteiger charge is 2.25. The second-order valence-corrected chi connectivity index (χ2v) is 4.75. The van der Waals surface area contributed by atoms with Crippen LogP contribution in [0.1, 0.15) is 10.4 Å². The van der Waals surface area contributed by atoms with Gasteiger partial charge in [0.05, 0.1) is 0 Å². The molecule has 0 amide bonds. The molecule has 0 spiro atoms. The lowest BCUT2D eigenvalue weighted by Gasteiger charge is -2.04. The summed E-state index contributed by atoms with van der Waals surface area (Å²) < 4.78 is 5.84. The van der Waals surface area contributed by atoms with E-state index in [0.717, 1.165) is 16.3 Å². The Bertz CT molecular complexity index is 934. The third kappa shape index (κ3) is 1.37. The summed E-state index contributed by atoms with van der Waals surface area (Å²) in [6.45, 7) is 0. The summed E-state index contributed by atoms with van der Waals surface area (Å²) >= 11 is 0. The van der Waals surface area contributed by atoms with Crippen LogP contribution in [-0.2, 0) is 0 Å². The molecule has 2 aliphatic rings. The van der Waals surface area contributed by atoms with Gasteiger partial charge in [0.1, 0.15) is 16.9 Å². The fourth-order valence-corrected chi connectivity index (χ4v) is 2.74. The zero-order valence-electron chi connectivity index (χ0n) is 10.5. The Morgan fingerprint density at radius 3 is 2.45 bits per heavy atom. The molecule has 0 fully saturated rings. The molecule has 0 aromatic heterocycles. The summed E-state index contributed by atoms with van der Waals surface area (Å²) in [5.41, 5.74) is 1.77. The molecule has 20 heavy (non-hydrogen) atoms. The van der Waals surface area contributed by atoms with E-state index in [4.69, 9.17) is 4.42 Å². The first-order valence-corrected chi connectivity index (χ1v) is 6.32. The maximum Gasteiger partial charge on any atom is 0.340 e. The van der Waals surface area contributed by atoms with Gasteiger partial charge < -0.3 is 9.52 Å². The molecular weight excluding hydrogens is 252 g/mol. The van der Waals surface area contributed by atoms with Crippen LogP contribution in [0.2, 0.25) is 0 Å². The fraction of sp³-hybridized carbons (Fsp3) is 0. The number of carboxylic acid groups (broad SMARTS) is 1. The van der Waals surface area contributed by atoms with Crippen molar-refractivity contribution in [3.8, 4) is 11.3 Å². The highest BCUT2D eigenvalue weighted by molar-refractivity contribution is 6.17. The number of para-hydroxylation sites is 1. The quantitative estimate of drug-likeness (QED) is 0.553. The van der Waals surface area contributed by atoms with E-state index in [1.54, 1.807) is 0 Å². The van der Waals surface area contributed by atoms with E-state index >= 15 is 0 Å². The van der Waals surface area contributed by atoms with Crippen LogP contribution in [0.15, 0.2) is 59.0 Å². The number of carbonyl (C=O) groups is 1. The lowest BCUT2D eigenvalue weighted by atomic mass is 10.1. The molecule has 2 aromatic rings. The lowest BCUT2D eigenvalue weighted by Crippen LogP contribution is -1.96. The molecule has 0 atom stereocenters. The SMILES string of the molecule is O=C(O)c1c2oc3ccccc3cc-2c2ccccc12. The molecule has 3 nitrogen and oxygen atoms in total. The van der Waals surface area contributed by atoms with Crippen molar-refractivity contribution in [2.24, 2.45) is 0 Å². The van der Waals surface area contributed by atoms with E-state index in [9.17, 15) is 9.90 Å². The average Bonchev–Trinajstić information content (AvgIpc) is 2.78. The third-order valence-corrected chi connectivity index (χ3v) is 3.60. The van der Waals surface area contributed by atoms with Crippen molar-refractivity contribution in [2.45, 2.75) is 0 Å². The number of benzene rings is 2. The molecule has 3 heteroatoms. The average molecular weight is 262 g/mol. The number of hydrogen-bond donors (Lipinski definition) is 1. The normalized spacial score (nSPS) is 11.4. The van der Waals surface area contributed by atoms with E-state index in [2.05, 4.69) is 0 Å². The van der Waals surface area contributed by atoms with Crippen molar-refractivity contribution in [1.29, 1.82) is 0 Å². The summed E-state index contributed by atoms with van der Waals surface area (Å²) in [6, 6.07) is 17.1. The van der Waals surface area contributed by atoms with E-state index in [0.29, 0.717) is 16.7 Å². The summed E-state index contributed by atoms with van der Waals surface area (Å²) in [5, 5.41) is 12.1. The predicted octanol–water partition coefficient (Wildman–Crippen LogP) is 4.39. The van der Waals surface area contributed by atoms with Gasteiger partial charge in [0.25, 0.3) is 0 Å². The minimum atomic E-state index is -0.963. The highest BCUT2D eigenvalue weighted by Crippen LogP contribution is 2.41. The van der Waals surface area contributed by atoms with E-state index in [1.807, 2.05) is 54.6 Å². The van der Waals surface area contributed by atoms with E-state index in [1.165, 1.54) is 0 Å². The van der Waals surface area contributed by atoms with Crippen LogP contribution in [0.4, 0.5) is 0 Å². The minimum Gasteiger partial charge on any atom is -0.478 e. The first-order valence-electron chi connectivity index (χ1n) is 6.32. The smallest absolute Gasteiger partial charge is 0.340 e. The van der Waals surface area contributed by atoms with Crippen LogP contribution >= 0.6 is 0 Å². The van der Waals surface area contributed by atoms with Crippen LogP contribution in [0.5, 0.6) is 0 Å². The molecule has 0 bridgehead atoms. The number of carboxylic acids is 1. The molecule has 0 saturated heterocycles. The maximum absolute atomic E-state index is 11.6. The fourth-order valence-electron chi connectivity index (χ4n) is 2.74. The number of hydrogen-bond acceptors (Lipinski definition) is 2. The Kier molecular flexibility index (Phi) is 2.12. The molecule has 0 radical (unpaired) electrons. The zero-order valence-corrected chi connectivity index (χ0v) is 10.5. The van der Waals surface area contributed by atoms with Crippen molar-refractivity contribution in [1.82, 2.24) is 0 Å². The van der Waals surface area contributed by atoms with Gasteiger partial charge in [-0.3, -0.25) is 0 Å². The summed E-state index contributed by atoms with van der Waals surface area (Å²) in [7, 11) is 0. The van der Waals surface area contributed by atoms with Crippen LogP contribution in [-0.4, -0.2) is 11.1 Å². The van der Waals surface area contributed by atoms with E-state index in [-0.39, 0.29) is 5.56 Å². The van der Waals surface area contributed by atoms with Crippen molar-refractivity contribution < 1.29 is 14.3 Å². The van der Waals surface area contributed by atoms with Gasteiger partial charge in [0, 0.05) is 16.3 Å². The number of rotatable bonds is 1. The second-order valence-electron chi connectivity index (χ2n) is 4.75. The van der Waals surface area contributed by atoms with Crippen molar-refractivity contribution in [3.63, 3.8) is 0 Å². The van der Waals surface area contributed by atoms with Crippen LogP contribution in [0.3, 0.4) is 0 Å². The largest absolute Gasteiger partial charge is 0.478 e. The zero-order chi connectivity index (χ0) is 13.7. The first kappa shape index (κ1) is 11.1. The Balaban J connectivity index is 2.28. The summed E-state index contributed by atoms with van der Waals surface area (Å²) in [6.07, 6.45) is 0. The van der Waals surface area contributed by atoms with Crippen molar-refractivity contribution in [3.05, 3.63) is 60.2 Å². The van der Waals surface area contributed by atoms with Gasteiger partial charge >= 0.3 is 5.97 Å². The molecule has 96 valence electrons. The van der Waals surface area contributed by atoms with Gasteiger partial charge in [0.15, 0.2) is 0 Å². The van der Waals surface area contributed by atoms with Crippen LogP contribution in [0, 0.1) is 0 Å². The summed E-state index contributed by atoms with van der Waals surface area (Å²) in [5.74, 6) is -0.521. The molecule has 1 aliphatic heterocycles. The first-order chi connectivity index (χ1) is 9.75. The molecule has 1 aliphatic carbocycles. The monoisotopic (exact) mass is 262 g/mol. The second kappa shape index (κ2) is 3.84. The Hall–Kier alpha value is -2.81. The molecule has 2 aromatic carbocycles. The minimum absolute atomic E-state index is 0.237. The summed E-state index contributed by atoms with van der Waals surface area (Å²) in [4.78, 5) is 11.6. The predicted molar refractivity (Wildman–Crippen MR) is 77.3 cm³/mol. The standard InChI is InChI=1S/C17H10O3/c18-17(19)15-12-7-3-2-6-11(12)13-9-10-5-1-4-8-14(10)20-16(13)15/h1-9H,(H,18,19). The highest BCUT2D eigenvalue weighted by atomic mass is 16.4. The molecule has 1 N–H and O–H groups in total. The van der Waals surface area contributed by atoms with Crippen molar-refractivity contribution >= 4 is 27.7 Å². The maximum atomic E-state index is 11.6. The number of aromatic carboxylic acids is 1. The lowest BCUT2D eigenvalue weighted by molar-refractivity contribution is 0.0698. The molecule has 0 unspecified atom stereocenters. The van der Waals surface area contributed by atoms with Gasteiger partial charge in [-0.25, -0.2) is 4.79 Å². The van der Waals surface area contributed by atoms with Gasteiger partial charge in [-0.2, -0.15) is 0 Å². The molecule has 0 saturated carbocycles. The van der Waals surface area contributed by atoms with Gasteiger partial charge in [0.2, 0.25) is 0 Å². The molecule has 4 rings (SSSR count). The Morgan fingerprint density at radius 2 is 1.65 bits per heavy atom. The van der Waals surface area contributed by atoms with E-state index < -0.39 is 5.97 Å². The van der Waals surface area contributed by atoms with Crippen LogP contribution in [0.25, 0.3) is 33.1 Å². The van der Waals surface area contributed by atoms with Gasteiger partial charge in [-0.1, -0.05) is 42.5 Å². The van der Waals surface area contributed by atoms with Crippen molar-refractivity contribution in [2.75, 3.05) is 0 Å². The van der Waals surface area contributed by atoms with Crippen LogP contribution < -0.4 is 0 Å². The Labute approximate surface area is 114 Å². The Morgan fingerprint density at radius 1 is 0.950 bits per heavy atom. The molecular formula is C17H10O3. The van der Waals surface area contributed by atoms with Gasteiger partial charge in [-0.05, 0) is 17.5 Å². The number of fused-ring (bicyclic) bond motifs is 4.